The van der Waals surface area contributed by atoms with Crippen LogP contribution in [0.3, 0.4) is 0 Å². The van der Waals surface area contributed by atoms with Gasteiger partial charge in [-0.25, -0.2) is 13.1 Å². The van der Waals surface area contributed by atoms with Crippen molar-refractivity contribution in [3.8, 4) is 0 Å². The van der Waals surface area contributed by atoms with Crippen LogP contribution in [0.15, 0.2) is 34.7 Å². The quantitative estimate of drug-likeness (QED) is 0.668. The van der Waals surface area contributed by atoms with Gasteiger partial charge in [-0.2, -0.15) is 0 Å². The van der Waals surface area contributed by atoms with Gasteiger partial charge in [0.15, 0.2) is 0 Å². The predicted molar refractivity (Wildman–Crippen MR) is 103 cm³/mol. The van der Waals surface area contributed by atoms with Gasteiger partial charge in [0.25, 0.3) is 10.0 Å². The fourth-order valence-electron chi connectivity index (χ4n) is 2.71. The van der Waals surface area contributed by atoms with Crippen molar-refractivity contribution in [1.82, 2.24) is 14.9 Å². The van der Waals surface area contributed by atoms with Crippen molar-refractivity contribution in [2.24, 2.45) is 0 Å². The summed E-state index contributed by atoms with van der Waals surface area (Å²) in [6, 6.07) is 9.67. The largest absolute Gasteiger partial charge is 0.301 e. The first kappa shape index (κ1) is 20.5. The van der Waals surface area contributed by atoms with Crippen LogP contribution in [0.2, 0.25) is 0 Å². The summed E-state index contributed by atoms with van der Waals surface area (Å²) in [5.41, 5.74) is 0.955. The number of amides is 1. The molecule has 0 spiro atoms. The van der Waals surface area contributed by atoms with Crippen molar-refractivity contribution in [3.63, 3.8) is 0 Å². The van der Waals surface area contributed by atoms with Crippen LogP contribution in [0.1, 0.15) is 46.1 Å². The van der Waals surface area contributed by atoms with Gasteiger partial charge >= 0.3 is 0 Å². The lowest BCUT2D eigenvalue weighted by Gasteiger charge is -2.28. The van der Waals surface area contributed by atoms with Gasteiger partial charge < -0.3 is 5.32 Å². The highest BCUT2D eigenvalue weighted by atomic mass is 32.2. The number of nitrogens with one attached hydrogen (secondary N) is 2. The maximum absolute atomic E-state index is 12.5. The Morgan fingerprint density at radius 1 is 1.23 bits per heavy atom. The van der Waals surface area contributed by atoms with E-state index < -0.39 is 10.0 Å². The van der Waals surface area contributed by atoms with E-state index in [1.807, 2.05) is 37.3 Å². The van der Waals surface area contributed by atoms with Gasteiger partial charge in [-0.15, -0.1) is 10.2 Å². The van der Waals surface area contributed by atoms with Gasteiger partial charge in [0, 0.05) is 12.5 Å². The molecular weight excluding hydrogens is 372 g/mol. The first-order valence-corrected chi connectivity index (χ1v) is 10.6. The van der Waals surface area contributed by atoms with E-state index in [1.165, 1.54) is 0 Å². The van der Waals surface area contributed by atoms with E-state index in [-0.39, 0.29) is 33.3 Å². The van der Waals surface area contributed by atoms with Crippen LogP contribution in [0.5, 0.6) is 0 Å². The van der Waals surface area contributed by atoms with E-state index in [2.05, 4.69) is 34.1 Å². The Morgan fingerprint density at radius 3 is 2.50 bits per heavy atom. The number of carbonyl (C=O) groups is 1. The number of anilines is 1. The van der Waals surface area contributed by atoms with Crippen LogP contribution in [0.4, 0.5) is 5.13 Å². The van der Waals surface area contributed by atoms with Crippen molar-refractivity contribution in [1.29, 1.82) is 0 Å². The van der Waals surface area contributed by atoms with Gasteiger partial charge in [-0.05, 0) is 24.3 Å². The molecule has 26 heavy (non-hydrogen) atoms. The van der Waals surface area contributed by atoms with Crippen molar-refractivity contribution in [2.75, 3.05) is 5.32 Å². The van der Waals surface area contributed by atoms with E-state index in [0.29, 0.717) is 6.42 Å². The molecule has 0 unspecified atom stereocenters. The lowest BCUT2D eigenvalue weighted by molar-refractivity contribution is -0.115. The number of hydrogen-bond donors (Lipinski definition) is 2. The molecule has 0 aliphatic heterocycles. The lowest BCUT2D eigenvalue weighted by atomic mass is 9.79. The minimum absolute atomic E-state index is 0.159. The Hall–Kier alpha value is -1.84. The van der Waals surface area contributed by atoms with Crippen LogP contribution in [-0.2, 0) is 20.2 Å². The van der Waals surface area contributed by atoms with E-state index in [1.54, 1.807) is 6.92 Å². The third-order valence-corrected chi connectivity index (χ3v) is 6.73. The fraction of sp³-hybridized carbons (Fsp3) is 0.471. The summed E-state index contributed by atoms with van der Waals surface area (Å²) in [7, 11) is -3.79. The summed E-state index contributed by atoms with van der Waals surface area (Å²) in [5, 5.41) is 10.1. The molecule has 0 aliphatic carbocycles. The number of aromatic nitrogens is 2. The predicted octanol–water partition coefficient (Wildman–Crippen LogP) is 2.92. The van der Waals surface area contributed by atoms with E-state index in [0.717, 1.165) is 16.9 Å². The molecule has 2 aromatic rings. The molecule has 0 saturated heterocycles. The Kier molecular flexibility index (Phi) is 6.48. The van der Waals surface area contributed by atoms with E-state index in [9.17, 15) is 13.2 Å². The third-order valence-electron chi connectivity index (χ3n) is 3.93. The molecule has 1 aromatic heterocycles. The SMILES string of the molecule is CCC(=O)Nc1nnc(S(=O)(=O)N[C@@H](C)CC(C)(C)c2ccccc2)s1. The molecule has 2 N–H and O–H groups in total. The minimum atomic E-state index is -3.79. The monoisotopic (exact) mass is 396 g/mol. The zero-order valence-corrected chi connectivity index (χ0v) is 16.9. The van der Waals surface area contributed by atoms with Crippen LogP contribution >= 0.6 is 11.3 Å². The van der Waals surface area contributed by atoms with Gasteiger partial charge in [-0.3, -0.25) is 4.79 Å². The second-order valence-electron chi connectivity index (χ2n) is 6.75. The van der Waals surface area contributed by atoms with Gasteiger partial charge in [0.1, 0.15) is 0 Å². The number of hydrogen-bond acceptors (Lipinski definition) is 6. The lowest BCUT2D eigenvalue weighted by Crippen LogP contribution is -2.37. The average Bonchev–Trinajstić information content (AvgIpc) is 3.04. The van der Waals surface area contributed by atoms with Crippen LogP contribution in [0.25, 0.3) is 0 Å². The highest BCUT2D eigenvalue weighted by Crippen LogP contribution is 2.29. The van der Waals surface area contributed by atoms with Crippen molar-refractivity contribution >= 4 is 32.4 Å². The number of benzene rings is 1. The zero-order chi connectivity index (χ0) is 19.4. The van der Waals surface area contributed by atoms with Gasteiger partial charge in [-0.1, -0.05) is 62.4 Å². The van der Waals surface area contributed by atoms with Crippen molar-refractivity contribution in [2.45, 2.75) is 56.3 Å². The summed E-state index contributed by atoms with van der Waals surface area (Å²) in [6.45, 7) is 7.68. The third kappa shape index (κ3) is 5.33. The minimum Gasteiger partial charge on any atom is -0.301 e. The summed E-state index contributed by atoms with van der Waals surface area (Å²) in [6.07, 6.45) is 0.903. The average molecular weight is 397 g/mol. The summed E-state index contributed by atoms with van der Waals surface area (Å²) in [5.74, 6) is -0.240. The molecule has 0 aliphatic rings. The second kappa shape index (κ2) is 8.24. The second-order valence-corrected chi connectivity index (χ2v) is 9.62. The van der Waals surface area contributed by atoms with Gasteiger partial charge in [0.2, 0.25) is 15.4 Å². The van der Waals surface area contributed by atoms with Crippen LogP contribution in [0, 0.1) is 0 Å². The molecule has 2 rings (SSSR count). The maximum Gasteiger partial charge on any atom is 0.270 e. The van der Waals surface area contributed by atoms with Crippen molar-refractivity contribution in [3.05, 3.63) is 35.9 Å². The molecule has 9 heteroatoms. The topological polar surface area (TPSA) is 101 Å². The Morgan fingerprint density at radius 2 is 1.88 bits per heavy atom. The molecule has 0 bridgehead atoms. The molecule has 1 aromatic carbocycles. The molecule has 0 radical (unpaired) electrons. The fourth-order valence-corrected chi connectivity index (χ4v) is 4.88. The Labute approximate surface area is 158 Å². The molecule has 7 nitrogen and oxygen atoms in total. The number of nitrogens with zero attached hydrogens (tertiary/aromatic N) is 2. The van der Waals surface area contributed by atoms with Gasteiger partial charge in [0.05, 0.1) is 0 Å². The smallest absolute Gasteiger partial charge is 0.270 e. The summed E-state index contributed by atoms with van der Waals surface area (Å²) in [4.78, 5) is 11.4. The number of sulfonamides is 1. The number of carbonyl (C=O) groups excluding carboxylic acids is 1. The molecule has 0 saturated carbocycles. The van der Waals surface area contributed by atoms with E-state index in [4.69, 9.17) is 0 Å². The summed E-state index contributed by atoms with van der Waals surface area (Å²) >= 11 is 0.835. The molecular formula is C17H24N4O3S2. The van der Waals surface area contributed by atoms with Crippen LogP contribution in [-0.4, -0.2) is 30.6 Å². The first-order chi connectivity index (χ1) is 12.1. The molecule has 1 amide bonds. The Bertz CT molecular complexity index is 848. The molecule has 142 valence electrons. The highest BCUT2D eigenvalue weighted by molar-refractivity contribution is 7.91. The molecule has 1 heterocycles. The first-order valence-electron chi connectivity index (χ1n) is 8.35. The summed E-state index contributed by atoms with van der Waals surface area (Å²) < 4.78 is 27.5. The van der Waals surface area contributed by atoms with Crippen LogP contribution < -0.4 is 10.0 Å². The molecule has 1 atom stereocenters. The number of rotatable bonds is 8. The highest BCUT2D eigenvalue weighted by Gasteiger charge is 2.28. The normalized spacial score (nSPS) is 13.4. The standard InChI is InChI=1S/C17H24N4O3S2/c1-5-14(22)18-15-19-20-16(25-15)26(23,24)21-12(2)11-17(3,4)13-9-7-6-8-10-13/h6-10,12,21H,5,11H2,1-4H3,(H,18,19,22)/t12-/m0/s1. The van der Waals surface area contributed by atoms with Crippen molar-refractivity contribution < 1.29 is 13.2 Å². The molecule has 0 fully saturated rings. The maximum atomic E-state index is 12.5. The Balaban J connectivity index is 2.05. The zero-order valence-electron chi connectivity index (χ0n) is 15.3. The van der Waals surface area contributed by atoms with E-state index >= 15 is 0 Å².